The van der Waals surface area contributed by atoms with E-state index >= 15 is 0 Å². The molecule has 0 spiro atoms. The molecule has 0 bridgehead atoms. The SMILES string of the molecule is CCOCC(O)CC(C(O)CCCCCCCCCCCCO)C(CO)OCCO. The predicted molar refractivity (Wildman–Crippen MR) is 118 cm³/mol. The van der Waals surface area contributed by atoms with Crippen molar-refractivity contribution in [3.8, 4) is 0 Å². The predicted octanol–water partition coefficient (Wildman–Crippen LogP) is 2.40. The Labute approximate surface area is 183 Å². The summed E-state index contributed by atoms with van der Waals surface area (Å²) in [5.74, 6) is -0.407. The Morgan fingerprint density at radius 2 is 1.30 bits per heavy atom. The van der Waals surface area contributed by atoms with E-state index in [0.29, 0.717) is 19.6 Å². The number of rotatable bonds is 23. The van der Waals surface area contributed by atoms with Gasteiger partial charge in [-0.1, -0.05) is 57.8 Å². The van der Waals surface area contributed by atoms with Crippen LogP contribution in [0.4, 0.5) is 0 Å². The monoisotopic (exact) mass is 436 g/mol. The van der Waals surface area contributed by atoms with Crippen LogP contribution in [0, 0.1) is 5.92 Å². The van der Waals surface area contributed by atoms with E-state index in [1.54, 1.807) is 0 Å². The van der Waals surface area contributed by atoms with Crippen molar-refractivity contribution < 1.29 is 35.0 Å². The fourth-order valence-corrected chi connectivity index (χ4v) is 3.80. The van der Waals surface area contributed by atoms with Gasteiger partial charge in [-0.3, -0.25) is 0 Å². The molecule has 0 fully saturated rings. The molecule has 0 amide bonds. The summed E-state index contributed by atoms with van der Waals surface area (Å²) in [4.78, 5) is 0. The first-order valence-electron chi connectivity index (χ1n) is 12.0. The molecule has 0 aromatic heterocycles. The lowest BCUT2D eigenvalue weighted by Crippen LogP contribution is -2.40. The summed E-state index contributed by atoms with van der Waals surface area (Å²) in [6.45, 7) is 2.54. The topological polar surface area (TPSA) is 120 Å². The maximum Gasteiger partial charge on any atom is 0.0860 e. The van der Waals surface area contributed by atoms with Gasteiger partial charge < -0.3 is 35.0 Å². The zero-order chi connectivity index (χ0) is 22.5. The van der Waals surface area contributed by atoms with Gasteiger partial charge in [-0.15, -0.1) is 0 Å². The van der Waals surface area contributed by atoms with E-state index in [-0.39, 0.29) is 32.8 Å². The lowest BCUT2D eigenvalue weighted by Gasteiger charge is -2.31. The minimum absolute atomic E-state index is 0.0933. The van der Waals surface area contributed by atoms with Crippen molar-refractivity contribution in [2.24, 2.45) is 5.92 Å². The molecule has 0 aromatic rings. The van der Waals surface area contributed by atoms with Gasteiger partial charge in [0.2, 0.25) is 0 Å². The summed E-state index contributed by atoms with van der Waals surface area (Å²) >= 11 is 0. The lowest BCUT2D eigenvalue weighted by atomic mass is 9.87. The summed E-state index contributed by atoms with van der Waals surface area (Å²) in [6, 6.07) is 0. The Hall–Kier alpha value is -0.280. The first-order chi connectivity index (χ1) is 14.6. The molecule has 7 heteroatoms. The molecule has 4 atom stereocenters. The summed E-state index contributed by atoms with van der Waals surface area (Å²) in [6.07, 6.45) is 10.1. The highest BCUT2D eigenvalue weighted by molar-refractivity contribution is 4.80. The van der Waals surface area contributed by atoms with Crippen molar-refractivity contribution in [2.75, 3.05) is 39.6 Å². The van der Waals surface area contributed by atoms with Crippen LogP contribution in [-0.4, -0.2) is 83.5 Å². The molecular weight excluding hydrogens is 388 g/mol. The van der Waals surface area contributed by atoms with Crippen molar-refractivity contribution in [1.82, 2.24) is 0 Å². The molecule has 0 saturated heterocycles. The van der Waals surface area contributed by atoms with E-state index < -0.39 is 24.2 Å². The van der Waals surface area contributed by atoms with Crippen LogP contribution in [0.15, 0.2) is 0 Å². The molecule has 0 rings (SSSR count). The number of aliphatic hydroxyl groups is 5. The quantitative estimate of drug-likeness (QED) is 0.156. The molecule has 182 valence electrons. The molecule has 0 aliphatic heterocycles. The van der Waals surface area contributed by atoms with Crippen molar-refractivity contribution >= 4 is 0 Å². The van der Waals surface area contributed by atoms with Gasteiger partial charge in [-0.2, -0.15) is 0 Å². The number of hydrogen-bond acceptors (Lipinski definition) is 7. The third kappa shape index (κ3) is 16.4. The smallest absolute Gasteiger partial charge is 0.0860 e. The van der Waals surface area contributed by atoms with Gasteiger partial charge in [0.15, 0.2) is 0 Å². The third-order valence-corrected chi connectivity index (χ3v) is 5.54. The van der Waals surface area contributed by atoms with Crippen molar-refractivity contribution in [3.63, 3.8) is 0 Å². The van der Waals surface area contributed by atoms with Gasteiger partial charge in [-0.05, 0) is 26.2 Å². The average Bonchev–Trinajstić information content (AvgIpc) is 2.75. The van der Waals surface area contributed by atoms with Crippen molar-refractivity contribution in [1.29, 1.82) is 0 Å². The number of aliphatic hydroxyl groups excluding tert-OH is 5. The Morgan fingerprint density at radius 3 is 1.80 bits per heavy atom. The Kier molecular flexibility index (Phi) is 21.7. The molecule has 4 unspecified atom stereocenters. The van der Waals surface area contributed by atoms with E-state index in [1.165, 1.54) is 32.1 Å². The second-order valence-electron chi connectivity index (χ2n) is 8.14. The molecule has 0 heterocycles. The molecule has 0 saturated carbocycles. The summed E-state index contributed by atoms with van der Waals surface area (Å²) in [5.41, 5.74) is 0. The van der Waals surface area contributed by atoms with Crippen LogP contribution in [0.3, 0.4) is 0 Å². The summed E-state index contributed by atoms with van der Waals surface area (Å²) < 4.78 is 10.8. The maximum absolute atomic E-state index is 10.7. The molecule has 7 nitrogen and oxygen atoms in total. The fraction of sp³-hybridized carbons (Fsp3) is 1.00. The number of hydrogen-bond donors (Lipinski definition) is 5. The van der Waals surface area contributed by atoms with Crippen LogP contribution in [0.5, 0.6) is 0 Å². The molecule has 30 heavy (non-hydrogen) atoms. The van der Waals surface area contributed by atoms with Crippen LogP contribution in [0.1, 0.15) is 84.0 Å². The van der Waals surface area contributed by atoms with Crippen LogP contribution in [0.25, 0.3) is 0 Å². The molecule has 0 radical (unpaired) electrons. The van der Waals surface area contributed by atoms with Crippen LogP contribution >= 0.6 is 0 Å². The molecule has 0 aliphatic carbocycles. The van der Waals surface area contributed by atoms with E-state index in [4.69, 9.17) is 19.7 Å². The normalized spacial score (nSPS) is 15.8. The first kappa shape index (κ1) is 29.7. The largest absolute Gasteiger partial charge is 0.396 e. The maximum atomic E-state index is 10.7. The van der Waals surface area contributed by atoms with Crippen molar-refractivity contribution in [2.45, 2.75) is 102 Å². The Morgan fingerprint density at radius 1 is 0.733 bits per heavy atom. The fourth-order valence-electron chi connectivity index (χ4n) is 3.80. The minimum atomic E-state index is -0.728. The third-order valence-electron chi connectivity index (χ3n) is 5.54. The van der Waals surface area contributed by atoms with Gasteiger partial charge in [0.1, 0.15) is 0 Å². The molecule has 0 aliphatic rings. The highest BCUT2D eigenvalue weighted by Crippen LogP contribution is 2.24. The average molecular weight is 437 g/mol. The zero-order valence-corrected chi connectivity index (χ0v) is 19.1. The summed E-state index contributed by atoms with van der Waals surface area (Å²) in [5, 5.41) is 48.3. The van der Waals surface area contributed by atoms with Crippen LogP contribution < -0.4 is 0 Å². The molecule has 5 N–H and O–H groups in total. The highest BCUT2D eigenvalue weighted by Gasteiger charge is 2.30. The van der Waals surface area contributed by atoms with Gasteiger partial charge in [0.25, 0.3) is 0 Å². The van der Waals surface area contributed by atoms with Gasteiger partial charge in [0.05, 0.1) is 44.7 Å². The van der Waals surface area contributed by atoms with Gasteiger partial charge in [0, 0.05) is 19.1 Å². The van der Waals surface area contributed by atoms with Crippen molar-refractivity contribution in [3.05, 3.63) is 0 Å². The lowest BCUT2D eigenvalue weighted by molar-refractivity contribution is -0.0891. The van der Waals surface area contributed by atoms with E-state index in [0.717, 1.165) is 32.1 Å². The Balaban J connectivity index is 4.18. The Bertz CT molecular complexity index is 344. The number of unbranched alkanes of at least 4 members (excludes halogenated alkanes) is 9. The minimum Gasteiger partial charge on any atom is -0.396 e. The van der Waals surface area contributed by atoms with E-state index in [9.17, 15) is 15.3 Å². The second kappa shape index (κ2) is 21.9. The summed E-state index contributed by atoms with van der Waals surface area (Å²) in [7, 11) is 0. The van der Waals surface area contributed by atoms with Gasteiger partial charge >= 0.3 is 0 Å². The highest BCUT2D eigenvalue weighted by atomic mass is 16.5. The second-order valence-corrected chi connectivity index (χ2v) is 8.14. The van der Waals surface area contributed by atoms with Crippen LogP contribution in [-0.2, 0) is 9.47 Å². The first-order valence-corrected chi connectivity index (χ1v) is 12.0. The van der Waals surface area contributed by atoms with Crippen LogP contribution in [0.2, 0.25) is 0 Å². The molecule has 0 aromatic carbocycles. The molecular formula is C23H48O7. The standard InChI is InChI=1S/C23H48O7/c1-2-29-19-20(27)17-21(23(18-26)30-16-15-25)22(28)13-11-9-7-5-3-4-6-8-10-12-14-24/h20-28H,2-19H2,1H3. The number of ether oxygens (including phenoxy) is 2. The van der Waals surface area contributed by atoms with E-state index in [1.807, 2.05) is 6.92 Å². The zero-order valence-electron chi connectivity index (χ0n) is 19.1. The van der Waals surface area contributed by atoms with Gasteiger partial charge in [-0.25, -0.2) is 0 Å². The van der Waals surface area contributed by atoms with E-state index in [2.05, 4.69) is 0 Å².